The van der Waals surface area contributed by atoms with Crippen molar-refractivity contribution in [2.24, 2.45) is 0 Å². The van der Waals surface area contributed by atoms with E-state index in [1.807, 2.05) is 42.5 Å². The fraction of sp³-hybridized carbons (Fsp3) is 0.250. The minimum atomic E-state index is -0.678. The highest BCUT2D eigenvalue weighted by atomic mass is 19.1. The molecule has 3 aliphatic heterocycles. The lowest BCUT2D eigenvalue weighted by molar-refractivity contribution is -0.130. The van der Waals surface area contributed by atoms with Gasteiger partial charge in [0.1, 0.15) is 29.2 Å². The fourth-order valence-corrected chi connectivity index (χ4v) is 5.70. The molecule has 1 fully saturated rings. The lowest BCUT2D eigenvalue weighted by Gasteiger charge is -2.21. The first kappa shape index (κ1) is 30.6. The Bertz CT molecular complexity index is 1740. The summed E-state index contributed by atoms with van der Waals surface area (Å²) in [5, 5.41) is 5.79. The highest BCUT2D eigenvalue weighted by Crippen LogP contribution is 2.27. The molecule has 0 radical (unpaired) electrons. The molecular formula is C36H34FN3O6. The average Bonchev–Trinajstić information content (AvgIpc) is 3.47. The highest BCUT2D eigenvalue weighted by Gasteiger charge is 2.38. The Morgan fingerprint density at radius 3 is 2.57 bits per heavy atom. The van der Waals surface area contributed by atoms with Crippen LogP contribution in [0.2, 0.25) is 0 Å². The monoisotopic (exact) mass is 623 g/mol. The standard InChI is InChI=1S/C36H34FN3O6/c1-44-32-8-3-2-5-24(32)12-16-35(42)40-20-31-33(21-40)46-27-13-9-23(10-14-27)19-38-34(41)22-45-28-7-4-6-25(17-28)26-11-15-30(37)29(18-26)36(43)39-31/h2-11,13-15,17-18,31,33H,12,16,19-22H2,1H3,(H,38,41)(H,39,43)/t31-,33-/m0/s1. The van der Waals surface area contributed by atoms with Gasteiger partial charge in [-0.2, -0.15) is 0 Å². The van der Waals surface area contributed by atoms with E-state index in [9.17, 15) is 14.4 Å². The smallest absolute Gasteiger partial charge is 0.258 e. The zero-order valence-electron chi connectivity index (χ0n) is 25.3. The van der Waals surface area contributed by atoms with Crippen molar-refractivity contribution < 1.29 is 33.0 Å². The van der Waals surface area contributed by atoms with Gasteiger partial charge in [0, 0.05) is 19.5 Å². The summed E-state index contributed by atoms with van der Waals surface area (Å²) in [6.45, 7) is 0.561. The van der Waals surface area contributed by atoms with Gasteiger partial charge in [-0.15, -0.1) is 0 Å². The van der Waals surface area contributed by atoms with Crippen LogP contribution < -0.4 is 24.8 Å². The SMILES string of the molecule is COc1ccccc1CCC(=O)N1C[C@@H]2NC(=O)c3cc(ccc3F)-c3cccc(c3)OCC(=O)NCc3ccc(cc3)O[C@H]2C1. The number of halogens is 1. The van der Waals surface area contributed by atoms with Gasteiger partial charge >= 0.3 is 0 Å². The molecule has 7 rings (SSSR count). The molecule has 3 heterocycles. The second-order valence-electron chi connectivity index (χ2n) is 11.3. The van der Waals surface area contributed by atoms with Gasteiger partial charge in [0.15, 0.2) is 6.61 Å². The van der Waals surface area contributed by atoms with E-state index in [-0.39, 0.29) is 43.5 Å². The fourth-order valence-electron chi connectivity index (χ4n) is 5.70. The molecule has 2 atom stereocenters. The number of likely N-dealkylation sites (tertiary alicyclic amines) is 1. The molecule has 0 aliphatic carbocycles. The maximum Gasteiger partial charge on any atom is 0.258 e. The van der Waals surface area contributed by atoms with Crippen LogP contribution in [0.3, 0.4) is 0 Å². The Hall–Kier alpha value is -5.38. The minimum Gasteiger partial charge on any atom is -0.496 e. The average molecular weight is 624 g/mol. The summed E-state index contributed by atoms with van der Waals surface area (Å²) in [7, 11) is 1.60. The summed E-state index contributed by atoms with van der Waals surface area (Å²) in [5.74, 6) is 0.0399. The van der Waals surface area contributed by atoms with Crippen LogP contribution in [0.15, 0.2) is 91.0 Å². The Labute approximate surface area is 266 Å². The van der Waals surface area contributed by atoms with Gasteiger partial charge in [-0.3, -0.25) is 14.4 Å². The molecule has 236 valence electrons. The number of benzene rings is 4. The van der Waals surface area contributed by atoms with Gasteiger partial charge in [0.2, 0.25) is 5.91 Å². The van der Waals surface area contributed by atoms with Crippen LogP contribution in [0, 0.1) is 5.82 Å². The predicted molar refractivity (Wildman–Crippen MR) is 169 cm³/mol. The van der Waals surface area contributed by atoms with Crippen molar-refractivity contribution in [3.8, 4) is 28.4 Å². The van der Waals surface area contributed by atoms with Crippen molar-refractivity contribution in [2.75, 3.05) is 26.8 Å². The number of hydrogen-bond acceptors (Lipinski definition) is 6. The second-order valence-corrected chi connectivity index (χ2v) is 11.3. The van der Waals surface area contributed by atoms with E-state index in [4.69, 9.17) is 14.2 Å². The van der Waals surface area contributed by atoms with Gasteiger partial charge in [-0.25, -0.2) is 4.39 Å². The minimum absolute atomic E-state index is 0.0943. The molecule has 2 N–H and O–H groups in total. The largest absolute Gasteiger partial charge is 0.496 e. The predicted octanol–water partition coefficient (Wildman–Crippen LogP) is 4.53. The summed E-state index contributed by atoms with van der Waals surface area (Å²) in [6, 6.07) is 25.5. The van der Waals surface area contributed by atoms with Crippen LogP contribution in [0.25, 0.3) is 11.1 Å². The Balaban J connectivity index is 1.27. The molecule has 9 nitrogen and oxygen atoms in total. The molecule has 0 unspecified atom stereocenters. The number of rotatable bonds is 4. The van der Waals surface area contributed by atoms with Gasteiger partial charge in [0.25, 0.3) is 11.8 Å². The molecule has 3 amide bonds. The van der Waals surface area contributed by atoms with E-state index in [0.717, 1.165) is 16.9 Å². The molecule has 0 saturated carbocycles. The number of methoxy groups -OCH3 is 1. The first-order valence-corrected chi connectivity index (χ1v) is 15.1. The highest BCUT2D eigenvalue weighted by molar-refractivity contribution is 5.96. The molecule has 46 heavy (non-hydrogen) atoms. The molecule has 3 aliphatic rings. The maximum atomic E-state index is 15.1. The van der Waals surface area contributed by atoms with Crippen molar-refractivity contribution >= 4 is 17.7 Å². The van der Waals surface area contributed by atoms with Crippen molar-refractivity contribution in [1.82, 2.24) is 15.5 Å². The quantitative estimate of drug-likeness (QED) is 0.346. The maximum absolute atomic E-state index is 15.1. The lowest BCUT2D eigenvalue weighted by Crippen LogP contribution is -2.45. The van der Waals surface area contributed by atoms with Gasteiger partial charge < -0.3 is 29.7 Å². The van der Waals surface area contributed by atoms with Gasteiger partial charge in [-0.05, 0) is 71.1 Å². The van der Waals surface area contributed by atoms with E-state index in [2.05, 4.69) is 10.6 Å². The van der Waals surface area contributed by atoms with E-state index in [1.165, 1.54) is 12.1 Å². The molecule has 4 aromatic rings. The van der Waals surface area contributed by atoms with E-state index < -0.39 is 23.9 Å². The number of carbonyl (C=O) groups excluding carboxylic acids is 3. The Kier molecular flexibility index (Phi) is 9.14. The van der Waals surface area contributed by atoms with Crippen molar-refractivity contribution in [1.29, 1.82) is 0 Å². The molecule has 10 heteroatoms. The van der Waals surface area contributed by atoms with Crippen LogP contribution >= 0.6 is 0 Å². The van der Waals surface area contributed by atoms with Crippen LogP contribution in [0.4, 0.5) is 4.39 Å². The number of para-hydroxylation sites is 1. The first-order chi connectivity index (χ1) is 22.4. The molecule has 4 aromatic carbocycles. The zero-order chi connectivity index (χ0) is 32.0. The third-order valence-corrected chi connectivity index (χ3v) is 8.18. The van der Waals surface area contributed by atoms with Gasteiger partial charge in [-0.1, -0.05) is 48.5 Å². The number of ether oxygens (including phenoxy) is 3. The molecule has 6 bridgehead atoms. The number of hydrogen-bond donors (Lipinski definition) is 2. The second kappa shape index (κ2) is 13.7. The van der Waals surface area contributed by atoms with E-state index in [0.29, 0.717) is 35.6 Å². The number of amides is 3. The Morgan fingerprint density at radius 1 is 0.935 bits per heavy atom. The van der Waals surface area contributed by atoms with Crippen LogP contribution in [0.5, 0.6) is 17.2 Å². The molecule has 1 saturated heterocycles. The number of nitrogens with zero attached hydrogens (tertiary/aromatic N) is 1. The molecule has 0 spiro atoms. The van der Waals surface area contributed by atoms with E-state index >= 15 is 4.39 Å². The molecular weight excluding hydrogens is 589 g/mol. The number of aryl methyl sites for hydroxylation is 1. The summed E-state index contributed by atoms with van der Waals surface area (Å²) in [6.07, 6.45) is 0.146. The Morgan fingerprint density at radius 2 is 1.74 bits per heavy atom. The van der Waals surface area contributed by atoms with Crippen LogP contribution in [-0.4, -0.2) is 61.6 Å². The number of carbonyl (C=O) groups is 3. The number of fused-ring (bicyclic) bond motifs is 7. The van der Waals surface area contributed by atoms with Crippen molar-refractivity contribution in [3.63, 3.8) is 0 Å². The van der Waals surface area contributed by atoms with Crippen LogP contribution in [-0.2, 0) is 22.6 Å². The summed E-state index contributed by atoms with van der Waals surface area (Å²) < 4.78 is 32.5. The number of nitrogens with one attached hydrogen (secondary N) is 2. The summed E-state index contributed by atoms with van der Waals surface area (Å²) in [4.78, 5) is 41.1. The normalized spacial score (nSPS) is 18.0. The summed E-state index contributed by atoms with van der Waals surface area (Å²) in [5.41, 5.74) is 2.93. The third-order valence-electron chi connectivity index (χ3n) is 8.18. The van der Waals surface area contributed by atoms with Gasteiger partial charge in [0.05, 0.1) is 25.3 Å². The molecule has 0 aromatic heterocycles. The van der Waals surface area contributed by atoms with Crippen molar-refractivity contribution in [2.45, 2.75) is 31.5 Å². The summed E-state index contributed by atoms with van der Waals surface area (Å²) >= 11 is 0. The zero-order valence-corrected chi connectivity index (χ0v) is 25.3. The van der Waals surface area contributed by atoms with Crippen LogP contribution in [0.1, 0.15) is 27.9 Å². The van der Waals surface area contributed by atoms with Crippen molar-refractivity contribution in [3.05, 3.63) is 114 Å². The first-order valence-electron chi connectivity index (χ1n) is 15.1. The van der Waals surface area contributed by atoms with E-state index in [1.54, 1.807) is 48.4 Å². The third kappa shape index (κ3) is 7.12. The topological polar surface area (TPSA) is 106 Å². The lowest BCUT2D eigenvalue weighted by atomic mass is 10.0.